The standard InChI is InChI=1S/C12H15BrFNO/c1-8(2)5-6-15-12(16)10-7-9(13)3-4-11(10)14/h3-4,7-8H,5-6H2,1-2H3,(H,15,16). The van der Waals surface area contributed by atoms with Crippen LogP contribution in [0, 0.1) is 11.7 Å². The van der Waals surface area contributed by atoms with Crippen molar-refractivity contribution in [2.75, 3.05) is 6.54 Å². The quantitative estimate of drug-likeness (QED) is 0.904. The predicted molar refractivity (Wildman–Crippen MR) is 65.9 cm³/mol. The Kier molecular flexibility index (Phi) is 4.93. The van der Waals surface area contributed by atoms with Gasteiger partial charge < -0.3 is 5.32 Å². The van der Waals surface area contributed by atoms with Gasteiger partial charge in [-0.3, -0.25) is 4.79 Å². The van der Waals surface area contributed by atoms with Crippen LogP contribution in [0.15, 0.2) is 22.7 Å². The van der Waals surface area contributed by atoms with E-state index < -0.39 is 5.82 Å². The molecule has 0 saturated carbocycles. The minimum atomic E-state index is -0.495. The van der Waals surface area contributed by atoms with E-state index >= 15 is 0 Å². The number of hydrogen-bond donors (Lipinski definition) is 1. The van der Waals surface area contributed by atoms with Crippen LogP contribution < -0.4 is 5.32 Å². The van der Waals surface area contributed by atoms with Gasteiger partial charge in [-0.05, 0) is 30.5 Å². The number of carbonyl (C=O) groups excluding carboxylic acids is 1. The van der Waals surface area contributed by atoms with Crippen molar-refractivity contribution in [3.05, 3.63) is 34.1 Å². The molecular weight excluding hydrogens is 273 g/mol. The molecule has 0 aromatic heterocycles. The highest BCUT2D eigenvalue weighted by molar-refractivity contribution is 9.10. The van der Waals surface area contributed by atoms with Gasteiger partial charge in [-0.25, -0.2) is 4.39 Å². The minimum absolute atomic E-state index is 0.0816. The van der Waals surface area contributed by atoms with Crippen LogP contribution in [0.3, 0.4) is 0 Å². The Morgan fingerprint density at radius 3 is 2.81 bits per heavy atom. The van der Waals surface area contributed by atoms with Crippen molar-refractivity contribution < 1.29 is 9.18 Å². The molecule has 0 atom stereocenters. The predicted octanol–water partition coefficient (Wildman–Crippen LogP) is 3.36. The van der Waals surface area contributed by atoms with E-state index in [4.69, 9.17) is 0 Å². The van der Waals surface area contributed by atoms with E-state index in [2.05, 4.69) is 35.1 Å². The summed E-state index contributed by atoms with van der Waals surface area (Å²) in [6.07, 6.45) is 0.890. The number of nitrogens with one attached hydrogen (secondary N) is 1. The summed E-state index contributed by atoms with van der Waals surface area (Å²) in [6, 6.07) is 4.34. The largest absolute Gasteiger partial charge is 0.352 e. The number of rotatable bonds is 4. The summed E-state index contributed by atoms with van der Waals surface area (Å²) >= 11 is 3.21. The Balaban J connectivity index is 2.62. The van der Waals surface area contributed by atoms with Crippen LogP contribution in [-0.2, 0) is 0 Å². The topological polar surface area (TPSA) is 29.1 Å². The fourth-order valence-corrected chi connectivity index (χ4v) is 1.60. The number of amides is 1. The number of carbonyl (C=O) groups is 1. The monoisotopic (exact) mass is 287 g/mol. The summed E-state index contributed by atoms with van der Waals surface area (Å²) in [7, 11) is 0. The normalized spacial score (nSPS) is 10.6. The molecule has 0 bridgehead atoms. The van der Waals surface area contributed by atoms with E-state index in [-0.39, 0.29) is 11.5 Å². The van der Waals surface area contributed by atoms with Gasteiger partial charge in [0.1, 0.15) is 5.82 Å². The van der Waals surface area contributed by atoms with Gasteiger partial charge in [-0.15, -0.1) is 0 Å². The average Bonchev–Trinajstić information content (AvgIpc) is 2.21. The van der Waals surface area contributed by atoms with E-state index in [9.17, 15) is 9.18 Å². The fourth-order valence-electron chi connectivity index (χ4n) is 1.24. The molecule has 0 heterocycles. The van der Waals surface area contributed by atoms with Crippen molar-refractivity contribution in [1.29, 1.82) is 0 Å². The summed E-state index contributed by atoms with van der Waals surface area (Å²) in [6.45, 7) is 4.72. The smallest absolute Gasteiger partial charge is 0.254 e. The molecular formula is C12H15BrFNO. The van der Waals surface area contributed by atoms with E-state index in [1.807, 2.05) is 0 Å². The Morgan fingerprint density at radius 1 is 1.50 bits per heavy atom. The zero-order valence-corrected chi connectivity index (χ0v) is 11.0. The highest BCUT2D eigenvalue weighted by Gasteiger charge is 2.11. The van der Waals surface area contributed by atoms with Gasteiger partial charge in [0, 0.05) is 11.0 Å². The Bertz CT molecular complexity index is 379. The lowest BCUT2D eigenvalue weighted by atomic mass is 10.1. The summed E-state index contributed by atoms with van der Waals surface area (Å²) in [5, 5.41) is 2.70. The van der Waals surface area contributed by atoms with Gasteiger partial charge in [0.25, 0.3) is 5.91 Å². The number of halogens is 2. The molecule has 0 unspecified atom stereocenters. The van der Waals surface area contributed by atoms with Crippen molar-refractivity contribution in [2.24, 2.45) is 5.92 Å². The Morgan fingerprint density at radius 2 is 2.19 bits per heavy atom. The maximum atomic E-state index is 13.3. The molecule has 1 N–H and O–H groups in total. The second kappa shape index (κ2) is 5.99. The highest BCUT2D eigenvalue weighted by Crippen LogP contribution is 2.15. The summed E-state index contributed by atoms with van der Waals surface area (Å²) in [5.74, 6) is -0.336. The van der Waals surface area contributed by atoms with E-state index in [1.165, 1.54) is 12.1 Å². The van der Waals surface area contributed by atoms with Crippen LogP contribution >= 0.6 is 15.9 Å². The molecule has 88 valence electrons. The zero-order valence-electron chi connectivity index (χ0n) is 9.39. The number of benzene rings is 1. The molecule has 1 aromatic rings. The first-order valence-electron chi connectivity index (χ1n) is 5.24. The second-order valence-corrected chi connectivity index (χ2v) is 4.98. The van der Waals surface area contributed by atoms with E-state index in [0.717, 1.165) is 6.42 Å². The molecule has 0 radical (unpaired) electrons. The third-order valence-corrected chi connectivity index (χ3v) is 2.67. The Labute approximate surface area is 103 Å². The van der Waals surface area contributed by atoms with Crippen molar-refractivity contribution >= 4 is 21.8 Å². The van der Waals surface area contributed by atoms with Crippen LogP contribution in [0.25, 0.3) is 0 Å². The van der Waals surface area contributed by atoms with Gasteiger partial charge in [0.15, 0.2) is 0 Å². The molecule has 0 fully saturated rings. The average molecular weight is 288 g/mol. The van der Waals surface area contributed by atoms with Crippen molar-refractivity contribution in [3.8, 4) is 0 Å². The molecule has 0 aliphatic rings. The second-order valence-electron chi connectivity index (χ2n) is 4.06. The van der Waals surface area contributed by atoms with Gasteiger partial charge >= 0.3 is 0 Å². The first kappa shape index (κ1) is 13.2. The van der Waals surface area contributed by atoms with Crippen LogP contribution in [0.1, 0.15) is 30.6 Å². The van der Waals surface area contributed by atoms with E-state index in [1.54, 1.807) is 6.07 Å². The van der Waals surface area contributed by atoms with E-state index in [0.29, 0.717) is 16.9 Å². The molecule has 0 aliphatic heterocycles. The number of hydrogen-bond acceptors (Lipinski definition) is 1. The van der Waals surface area contributed by atoms with Crippen molar-refractivity contribution in [1.82, 2.24) is 5.32 Å². The molecule has 2 nitrogen and oxygen atoms in total. The summed E-state index contributed by atoms with van der Waals surface area (Å²) in [4.78, 5) is 11.6. The van der Waals surface area contributed by atoms with Gasteiger partial charge in [-0.2, -0.15) is 0 Å². The highest BCUT2D eigenvalue weighted by atomic mass is 79.9. The van der Waals surface area contributed by atoms with Gasteiger partial charge in [0.2, 0.25) is 0 Å². The molecule has 1 rings (SSSR count). The van der Waals surface area contributed by atoms with Crippen molar-refractivity contribution in [3.63, 3.8) is 0 Å². The molecule has 1 amide bonds. The van der Waals surface area contributed by atoms with Crippen LogP contribution in [0.4, 0.5) is 4.39 Å². The lowest BCUT2D eigenvalue weighted by molar-refractivity contribution is 0.0948. The molecule has 0 aliphatic carbocycles. The first-order valence-corrected chi connectivity index (χ1v) is 6.03. The Hall–Kier alpha value is -0.900. The minimum Gasteiger partial charge on any atom is -0.352 e. The summed E-state index contributed by atoms with van der Waals surface area (Å²) in [5.41, 5.74) is 0.0816. The van der Waals surface area contributed by atoms with Crippen LogP contribution in [0.5, 0.6) is 0 Å². The maximum Gasteiger partial charge on any atom is 0.254 e. The van der Waals surface area contributed by atoms with Crippen molar-refractivity contribution in [2.45, 2.75) is 20.3 Å². The lowest BCUT2D eigenvalue weighted by Crippen LogP contribution is -2.26. The maximum absolute atomic E-state index is 13.3. The summed E-state index contributed by atoms with van der Waals surface area (Å²) < 4.78 is 14.0. The first-order chi connectivity index (χ1) is 7.50. The lowest BCUT2D eigenvalue weighted by Gasteiger charge is -2.08. The zero-order chi connectivity index (χ0) is 12.1. The SMILES string of the molecule is CC(C)CCNC(=O)c1cc(Br)ccc1F. The van der Waals surface area contributed by atoms with Crippen LogP contribution in [0.2, 0.25) is 0 Å². The van der Waals surface area contributed by atoms with Crippen LogP contribution in [-0.4, -0.2) is 12.5 Å². The fraction of sp³-hybridized carbons (Fsp3) is 0.417. The molecule has 0 saturated heterocycles. The molecule has 1 aromatic carbocycles. The van der Waals surface area contributed by atoms with Gasteiger partial charge in [-0.1, -0.05) is 29.8 Å². The molecule has 4 heteroatoms. The third-order valence-electron chi connectivity index (χ3n) is 2.18. The molecule has 16 heavy (non-hydrogen) atoms. The third kappa shape index (κ3) is 3.93. The molecule has 0 spiro atoms. The van der Waals surface area contributed by atoms with Gasteiger partial charge in [0.05, 0.1) is 5.56 Å².